The van der Waals surface area contributed by atoms with E-state index in [9.17, 15) is 0 Å². The van der Waals surface area contributed by atoms with Gasteiger partial charge in [0.15, 0.2) is 11.5 Å². The molecule has 1 N–H and O–H groups in total. The third kappa shape index (κ3) is 4.42. The molecule has 3 aromatic rings. The van der Waals surface area contributed by atoms with Crippen molar-refractivity contribution in [2.24, 2.45) is 0 Å². The molecule has 0 fully saturated rings. The van der Waals surface area contributed by atoms with Gasteiger partial charge in [-0.15, -0.1) is 0 Å². The van der Waals surface area contributed by atoms with E-state index in [4.69, 9.17) is 9.47 Å². The molecule has 0 aliphatic rings. The van der Waals surface area contributed by atoms with Crippen molar-refractivity contribution in [1.29, 1.82) is 0 Å². The Balaban J connectivity index is 1.69. The summed E-state index contributed by atoms with van der Waals surface area (Å²) in [4.78, 5) is 10.4. The largest absolute Gasteiger partial charge is 0.493 e. The molecule has 5 nitrogen and oxygen atoms in total. The summed E-state index contributed by atoms with van der Waals surface area (Å²) in [7, 11) is 3.78. The Kier molecular flexibility index (Phi) is 6.01. The number of aromatic amines is 1. The maximum Gasteiger partial charge on any atom is 0.161 e. The molecule has 2 heterocycles. The van der Waals surface area contributed by atoms with Crippen LogP contribution in [0.4, 0.5) is 0 Å². The van der Waals surface area contributed by atoms with Gasteiger partial charge in [0, 0.05) is 30.4 Å². The molecule has 0 bridgehead atoms. The predicted octanol–water partition coefficient (Wildman–Crippen LogP) is 4.51. The molecule has 0 saturated heterocycles. The molecule has 0 radical (unpaired) electrons. The van der Waals surface area contributed by atoms with Gasteiger partial charge in [-0.25, -0.2) is 4.98 Å². The van der Waals surface area contributed by atoms with Crippen LogP contribution >= 0.6 is 0 Å². The molecule has 0 unspecified atom stereocenters. The summed E-state index contributed by atoms with van der Waals surface area (Å²) in [6.07, 6.45) is 1.91. The first-order valence-corrected chi connectivity index (χ1v) is 9.41. The number of methoxy groups -OCH3 is 1. The fraction of sp³-hybridized carbons (Fsp3) is 0.409. The minimum atomic E-state index is 0.424. The molecular formula is C22H29N3O2. The Bertz CT molecular complexity index is 902. The number of fused-ring (bicyclic) bond motifs is 1. The van der Waals surface area contributed by atoms with E-state index >= 15 is 0 Å². The molecule has 0 saturated carbocycles. The summed E-state index contributed by atoms with van der Waals surface area (Å²) in [5, 5.41) is 1.22. The number of ether oxygens (including phenoxy) is 2. The van der Waals surface area contributed by atoms with Gasteiger partial charge in [-0.2, -0.15) is 0 Å². The maximum absolute atomic E-state index is 5.92. The van der Waals surface area contributed by atoms with Gasteiger partial charge in [0.1, 0.15) is 12.3 Å². The van der Waals surface area contributed by atoms with Crippen LogP contribution in [0.5, 0.6) is 11.5 Å². The first-order chi connectivity index (χ1) is 13.0. The van der Waals surface area contributed by atoms with Crippen LogP contribution in [0, 0.1) is 6.92 Å². The van der Waals surface area contributed by atoms with Gasteiger partial charge in [-0.05, 0) is 49.2 Å². The van der Waals surface area contributed by atoms with Gasteiger partial charge in [-0.3, -0.25) is 4.90 Å². The zero-order valence-corrected chi connectivity index (χ0v) is 16.9. The number of H-pyrrole nitrogens is 1. The van der Waals surface area contributed by atoms with Crippen molar-refractivity contribution < 1.29 is 9.47 Å². The predicted molar refractivity (Wildman–Crippen MR) is 110 cm³/mol. The van der Waals surface area contributed by atoms with Crippen LogP contribution in [0.3, 0.4) is 0 Å². The lowest BCUT2D eigenvalue weighted by Gasteiger charge is -2.19. The van der Waals surface area contributed by atoms with E-state index < -0.39 is 0 Å². The number of para-hydroxylation sites is 2. The van der Waals surface area contributed by atoms with Crippen molar-refractivity contribution in [2.45, 2.75) is 33.2 Å². The van der Waals surface area contributed by atoms with E-state index in [-0.39, 0.29) is 0 Å². The summed E-state index contributed by atoms with van der Waals surface area (Å²) in [6.45, 7) is 8.80. The Hall–Kier alpha value is -2.53. The Morgan fingerprint density at radius 3 is 2.63 bits per heavy atom. The minimum Gasteiger partial charge on any atom is -0.493 e. The third-order valence-electron chi connectivity index (χ3n) is 4.73. The second-order valence-corrected chi connectivity index (χ2v) is 7.32. The minimum absolute atomic E-state index is 0.424. The molecule has 27 heavy (non-hydrogen) atoms. The van der Waals surface area contributed by atoms with Crippen LogP contribution < -0.4 is 9.47 Å². The van der Waals surface area contributed by atoms with Crippen molar-refractivity contribution in [1.82, 2.24) is 14.9 Å². The number of nitrogens with one attached hydrogen (secondary N) is 1. The van der Waals surface area contributed by atoms with Crippen LogP contribution in [-0.2, 0) is 6.54 Å². The quantitative estimate of drug-likeness (QED) is 0.636. The van der Waals surface area contributed by atoms with Crippen LogP contribution in [-0.4, -0.2) is 42.2 Å². The van der Waals surface area contributed by atoms with Crippen LogP contribution in [0.25, 0.3) is 11.0 Å². The zero-order chi connectivity index (χ0) is 19.4. The van der Waals surface area contributed by atoms with E-state index in [0.717, 1.165) is 30.2 Å². The number of nitrogens with zero attached hydrogens (tertiary/aromatic N) is 2. The zero-order valence-electron chi connectivity index (χ0n) is 16.9. The fourth-order valence-electron chi connectivity index (χ4n) is 3.31. The lowest BCUT2D eigenvalue weighted by atomic mass is 10.0. The average molecular weight is 367 g/mol. The second-order valence-electron chi connectivity index (χ2n) is 7.32. The lowest BCUT2D eigenvalue weighted by molar-refractivity contribution is 0.226. The summed E-state index contributed by atoms with van der Waals surface area (Å²) in [5.41, 5.74) is 4.75. The Morgan fingerprint density at radius 2 is 1.93 bits per heavy atom. The van der Waals surface area contributed by atoms with Gasteiger partial charge in [-0.1, -0.05) is 26.0 Å². The van der Waals surface area contributed by atoms with Crippen LogP contribution in [0.1, 0.15) is 36.6 Å². The number of benzene rings is 1. The molecule has 0 aliphatic carbocycles. The Morgan fingerprint density at radius 1 is 1.19 bits per heavy atom. The summed E-state index contributed by atoms with van der Waals surface area (Å²) >= 11 is 0. The van der Waals surface area contributed by atoms with Gasteiger partial charge < -0.3 is 14.5 Å². The highest BCUT2D eigenvalue weighted by molar-refractivity contribution is 5.82. The number of aromatic nitrogens is 2. The topological polar surface area (TPSA) is 50.4 Å². The monoisotopic (exact) mass is 367 g/mol. The molecule has 144 valence electrons. The normalized spacial score (nSPS) is 11.5. The number of hydrogen-bond donors (Lipinski definition) is 1. The third-order valence-corrected chi connectivity index (χ3v) is 4.73. The van der Waals surface area contributed by atoms with E-state index in [1.165, 1.54) is 22.2 Å². The summed E-state index contributed by atoms with van der Waals surface area (Å²) in [6, 6.07) is 9.97. The smallest absolute Gasteiger partial charge is 0.161 e. The van der Waals surface area contributed by atoms with E-state index in [1.54, 1.807) is 7.11 Å². The Labute approximate surface area is 161 Å². The lowest BCUT2D eigenvalue weighted by Crippen LogP contribution is -2.24. The van der Waals surface area contributed by atoms with Crippen molar-refractivity contribution >= 4 is 11.0 Å². The summed E-state index contributed by atoms with van der Waals surface area (Å²) < 4.78 is 11.3. The van der Waals surface area contributed by atoms with Crippen LogP contribution in [0.15, 0.2) is 36.5 Å². The van der Waals surface area contributed by atoms with Crippen LogP contribution in [0.2, 0.25) is 0 Å². The molecule has 2 aromatic heterocycles. The maximum atomic E-state index is 5.92. The van der Waals surface area contributed by atoms with E-state index in [0.29, 0.717) is 12.5 Å². The number of pyridine rings is 1. The standard InChI is InChI=1S/C22H29N3O2/c1-15(2)21-18(17-12-16(3)13-23-22(17)24-21)14-25(4)10-11-27-20-9-7-6-8-19(20)26-5/h6-9,12-13,15H,10-11,14H2,1-5H3,(H,23,24). The van der Waals surface area contributed by atoms with Gasteiger partial charge in [0.2, 0.25) is 0 Å². The fourth-order valence-corrected chi connectivity index (χ4v) is 3.31. The highest BCUT2D eigenvalue weighted by Crippen LogP contribution is 2.28. The molecule has 0 aliphatic heterocycles. The first-order valence-electron chi connectivity index (χ1n) is 9.41. The van der Waals surface area contributed by atoms with Crippen molar-refractivity contribution in [3.8, 4) is 11.5 Å². The SMILES string of the molecule is COc1ccccc1OCCN(C)Cc1c(C(C)C)[nH]c2ncc(C)cc12. The van der Waals surface area contributed by atoms with Crippen molar-refractivity contribution in [3.63, 3.8) is 0 Å². The average Bonchev–Trinajstić information content (AvgIpc) is 3.00. The van der Waals surface area contributed by atoms with Crippen molar-refractivity contribution in [3.05, 3.63) is 53.3 Å². The molecule has 5 heteroatoms. The number of rotatable bonds is 8. The first kappa shape index (κ1) is 19.2. The number of aryl methyl sites for hydroxylation is 1. The summed E-state index contributed by atoms with van der Waals surface area (Å²) in [5.74, 6) is 1.97. The second kappa shape index (κ2) is 8.44. The van der Waals surface area contributed by atoms with Gasteiger partial charge >= 0.3 is 0 Å². The number of hydrogen-bond acceptors (Lipinski definition) is 4. The molecule has 1 aromatic carbocycles. The molecular weight excluding hydrogens is 338 g/mol. The van der Waals surface area contributed by atoms with Crippen molar-refractivity contribution in [2.75, 3.05) is 27.3 Å². The highest BCUT2D eigenvalue weighted by atomic mass is 16.5. The van der Waals surface area contributed by atoms with Gasteiger partial charge in [0.05, 0.1) is 7.11 Å². The number of likely N-dealkylation sites (N-methyl/N-ethyl adjacent to an activating group) is 1. The molecule has 0 atom stereocenters. The van der Waals surface area contributed by atoms with Gasteiger partial charge in [0.25, 0.3) is 0 Å². The van der Waals surface area contributed by atoms with E-state index in [2.05, 4.69) is 48.8 Å². The molecule has 0 amide bonds. The highest BCUT2D eigenvalue weighted by Gasteiger charge is 2.16. The van der Waals surface area contributed by atoms with E-state index in [1.807, 2.05) is 30.5 Å². The molecule has 0 spiro atoms. The molecule has 3 rings (SSSR count).